The van der Waals surface area contributed by atoms with E-state index in [0.29, 0.717) is 16.9 Å². The van der Waals surface area contributed by atoms with Crippen LogP contribution < -0.4 is 0 Å². The van der Waals surface area contributed by atoms with Crippen LogP contribution >= 0.6 is 0 Å². The van der Waals surface area contributed by atoms with E-state index in [0.717, 1.165) is 5.56 Å². The molecular weight excluding hydrogens is 179 g/mol. The lowest BCUT2D eigenvalue weighted by Gasteiger charge is -2.05. The van der Waals surface area contributed by atoms with Gasteiger partial charge in [0.2, 0.25) is 0 Å². The highest BCUT2D eigenvalue weighted by atomic mass is 19.1. The highest BCUT2D eigenvalue weighted by Gasteiger charge is 2.09. The van der Waals surface area contributed by atoms with Gasteiger partial charge in [0.25, 0.3) is 0 Å². The summed E-state index contributed by atoms with van der Waals surface area (Å²) in [7, 11) is 0. The Bertz CT molecular complexity index is 444. The van der Waals surface area contributed by atoms with Gasteiger partial charge in [0, 0.05) is 5.56 Å². The van der Waals surface area contributed by atoms with Crippen molar-refractivity contribution in [3.63, 3.8) is 0 Å². The number of hydrogen-bond donors (Lipinski definition) is 0. The van der Waals surface area contributed by atoms with E-state index in [-0.39, 0.29) is 5.82 Å². The van der Waals surface area contributed by atoms with Gasteiger partial charge >= 0.3 is 0 Å². The lowest BCUT2D eigenvalue weighted by Crippen LogP contribution is -1.90. The first kappa shape index (κ1) is 9.00. The van der Waals surface area contributed by atoms with E-state index < -0.39 is 0 Å². The molecule has 1 aromatic carbocycles. The normalized spacial score (nSPS) is 10.5. The molecule has 2 rings (SSSR count). The zero-order valence-corrected chi connectivity index (χ0v) is 8.17. The van der Waals surface area contributed by atoms with Gasteiger partial charge in [-0.15, -0.1) is 0 Å². The Morgan fingerprint density at radius 2 is 1.93 bits per heavy atom. The van der Waals surface area contributed by atoms with Crippen molar-refractivity contribution in [1.29, 1.82) is 0 Å². The van der Waals surface area contributed by atoms with Crippen LogP contribution in [0.15, 0.2) is 34.9 Å². The quantitative estimate of drug-likeness (QED) is 0.668. The van der Waals surface area contributed by atoms with Crippen molar-refractivity contribution in [2.45, 2.75) is 13.8 Å². The van der Waals surface area contributed by atoms with Gasteiger partial charge in [0.15, 0.2) is 0 Å². The zero-order chi connectivity index (χ0) is 10.1. The van der Waals surface area contributed by atoms with Crippen molar-refractivity contribution in [3.05, 3.63) is 47.5 Å². The first-order valence-electron chi connectivity index (χ1n) is 4.49. The van der Waals surface area contributed by atoms with Gasteiger partial charge in [-0.25, -0.2) is 4.39 Å². The van der Waals surface area contributed by atoms with E-state index >= 15 is 0 Å². The lowest BCUT2D eigenvalue weighted by molar-refractivity contribution is 0.577. The number of benzene rings is 1. The first-order valence-corrected chi connectivity index (χ1v) is 4.49. The van der Waals surface area contributed by atoms with E-state index in [1.165, 1.54) is 0 Å². The molecule has 2 heteroatoms. The second-order valence-electron chi connectivity index (χ2n) is 3.35. The topological polar surface area (TPSA) is 13.1 Å². The van der Waals surface area contributed by atoms with E-state index in [1.54, 1.807) is 32.2 Å². The third-order valence-electron chi connectivity index (χ3n) is 2.37. The summed E-state index contributed by atoms with van der Waals surface area (Å²) in [5, 5.41) is 0. The molecule has 1 nitrogen and oxygen atoms in total. The first-order chi connectivity index (χ1) is 6.70. The fourth-order valence-electron chi connectivity index (χ4n) is 1.52. The van der Waals surface area contributed by atoms with Gasteiger partial charge in [-0.05, 0) is 37.1 Å². The van der Waals surface area contributed by atoms with Crippen LogP contribution in [-0.4, -0.2) is 0 Å². The minimum absolute atomic E-state index is 0.154. The van der Waals surface area contributed by atoms with Crippen LogP contribution in [0.2, 0.25) is 0 Å². The molecule has 1 heterocycles. The Morgan fingerprint density at radius 1 is 1.14 bits per heavy atom. The maximum Gasteiger partial charge on any atom is 0.134 e. The maximum absolute atomic E-state index is 13.5. The van der Waals surface area contributed by atoms with Crippen molar-refractivity contribution < 1.29 is 8.81 Å². The molecule has 0 amide bonds. The SMILES string of the molecule is Cc1ccc(-c2ccco2)c(C)c1F. The summed E-state index contributed by atoms with van der Waals surface area (Å²) in [5.41, 5.74) is 2.12. The summed E-state index contributed by atoms with van der Waals surface area (Å²) in [5.74, 6) is 0.556. The lowest BCUT2D eigenvalue weighted by atomic mass is 10.0. The van der Waals surface area contributed by atoms with Crippen molar-refractivity contribution >= 4 is 0 Å². The molecule has 72 valence electrons. The summed E-state index contributed by atoms with van der Waals surface area (Å²) < 4.78 is 18.8. The van der Waals surface area contributed by atoms with Crippen LogP contribution in [0.4, 0.5) is 4.39 Å². The molecule has 0 fully saturated rings. The van der Waals surface area contributed by atoms with Gasteiger partial charge in [-0.2, -0.15) is 0 Å². The van der Waals surface area contributed by atoms with Crippen LogP contribution in [0.3, 0.4) is 0 Å². The Balaban J connectivity index is 2.61. The average Bonchev–Trinajstić information content (AvgIpc) is 2.67. The smallest absolute Gasteiger partial charge is 0.134 e. The number of rotatable bonds is 1. The van der Waals surface area contributed by atoms with Gasteiger partial charge in [0.1, 0.15) is 11.6 Å². The molecule has 0 aliphatic rings. The Hall–Kier alpha value is -1.57. The third kappa shape index (κ3) is 1.33. The van der Waals surface area contributed by atoms with E-state index in [4.69, 9.17) is 4.42 Å². The van der Waals surface area contributed by atoms with Crippen LogP contribution in [-0.2, 0) is 0 Å². The van der Waals surface area contributed by atoms with Crippen molar-refractivity contribution in [2.75, 3.05) is 0 Å². The minimum Gasteiger partial charge on any atom is -0.464 e. The van der Waals surface area contributed by atoms with Gasteiger partial charge in [-0.1, -0.05) is 12.1 Å². The fourth-order valence-corrected chi connectivity index (χ4v) is 1.52. The molecule has 2 aromatic rings. The molecule has 1 aromatic heterocycles. The summed E-state index contributed by atoms with van der Waals surface area (Å²) in [6, 6.07) is 7.27. The van der Waals surface area contributed by atoms with Crippen LogP contribution in [0.1, 0.15) is 11.1 Å². The van der Waals surface area contributed by atoms with E-state index in [9.17, 15) is 4.39 Å². The largest absolute Gasteiger partial charge is 0.464 e. The molecule has 0 saturated carbocycles. The zero-order valence-electron chi connectivity index (χ0n) is 8.17. The Morgan fingerprint density at radius 3 is 2.57 bits per heavy atom. The molecule has 14 heavy (non-hydrogen) atoms. The average molecular weight is 190 g/mol. The molecule has 0 spiro atoms. The molecule has 0 atom stereocenters. The van der Waals surface area contributed by atoms with Crippen molar-refractivity contribution in [3.8, 4) is 11.3 Å². The molecular formula is C12H11FO. The molecule has 0 aliphatic heterocycles. The highest BCUT2D eigenvalue weighted by Crippen LogP contribution is 2.26. The molecule has 0 radical (unpaired) electrons. The monoisotopic (exact) mass is 190 g/mol. The fraction of sp³-hybridized carbons (Fsp3) is 0.167. The van der Waals surface area contributed by atoms with Crippen molar-refractivity contribution in [2.24, 2.45) is 0 Å². The van der Waals surface area contributed by atoms with Crippen LogP contribution in [0.5, 0.6) is 0 Å². The number of aryl methyl sites for hydroxylation is 1. The summed E-state index contributed by atoms with van der Waals surface area (Å²) in [4.78, 5) is 0. The van der Waals surface area contributed by atoms with Crippen molar-refractivity contribution in [1.82, 2.24) is 0 Å². The second kappa shape index (κ2) is 3.29. The minimum atomic E-state index is -0.154. The van der Waals surface area contributed by atoms with Gasteiger partial charge in [-0.3, -0.25) is 0 Å². The summed E-state index contributed by atoms with van der Waals surface area (Å²) in [6.45, 7) is 3.52. The predicted molar refractivity (Wildman–Crippen MR) is 53.6 cm³/mol. The van der Waals surface area contributed by atoms with E-state index in [2.05, 4.69) is 0 Å². The summed E-state index contributed by atoms with van der Waals surface area (Å²) in [6.07, 6.45) is 1.59. The molecule has 0 N–H and O–H groups in total. The van der Waals surface area contributed by atoms with Gasteiger partial charge < -0.3 is 4.42 Å². The summed E-state index contributed by atoms with van der Waals surface area (Å²) >= 11 is 0. The van der Waals surface area contributed by atoms with Crippen LogP contribution in [0, 0.1) is 19.7 Å². The Labute approximate surface area is 82.2 Å². The van der Waals surface area contributed by atoms with Crippen LogP contribution in [0.25, 0.3) is 11.3 Å². The maximum atomic E-state index is 13.5. The number of hydrogen-bond acceptors (Lipinski definition) is 1. The molecule has 0 bridgehead atoms. The second-order valence-corrected chi connectivity index (χ2v) is 3.35. The van der Waals surface area contributed by atoms with Gasteiger partial charge in [0.05, 0.1) is 6.26 Å². The molecule has 0 saturated heterocycles. The standard InChI is InChI=1S/C12H11FO/c1-8-5-6-10(9(2)12(8)13)11-4-3-7-14-11/h3-7H,1-2H3. The molecule has 0 aliphatic carbocycles. The number of furan rings is 1. The third-order valence-corrected chi connectivity index (χ3v) is 2.37. The van der Waals surface area contributed by atoms with E-state index in [1.807, 2.05) is 12.1 Å². The molecule has 0 unspecified atom stereocenters. The Kier molecular flexibility index (Phi) is 2.12. The number of halogens is 1. The predicted octanol–water partition coefficient (Wildman–Crippen LogP) is 3.70. The highest BCUT2D eigenvalue weighted by molar-refractivity contribution is 5.62.